The number of amides is 1. The molecule has 1 saturated heterocycles. The molecule has 0 unspecified atom stereocenters. The first kappa shape index (κ1) is 19.2. The third-order valence-corrected chi connectivity index (χ3v) is 5.27. The highest BCUT2D eigenvalue weighted by Gasteiger charge is 2.25. The Bertz CT molecular complexity index is 884. The quantitative estimate of drug-likeness (QED) is 0.772. The molecule has 144 valence electrons. The molecule has 3 rings (SSSR count). The molecule has 0 aliphatic carbocycles. The van der Waals surface area contributed by atoms with Gasteiger partial charge in [0.05, 0.1) is 6.54 Å². The van der Waals surface area contributed by atoms with E-state index in [1.807, 2.05) is 36.4 Å². The Morgan fingerprint density at radius 2 is 1.67 bits per heavy atom. The van der Waals surface area contributed by atoms with E-state index in [1.54, 1.807) is 4.90 Å². The van der Waals surface area contributed by atoms with E-state index in [0.29, 0.717) is 32.7 Å². The number of hydrogen-bond donors (Lipinski definition) is 0. The topological polar surface area (TPSA) is 45.6 Å². The maximum atomic E-state index is 13.3. The average molecular weight is 375 g/mol. The summed E-state index contributed by atoms with van der Waals surface area (Å²) in [6.45, 7) is 6.20. The lowest BCUT2D eigenvalue weighted by Gasteiger charge is -2.34. The molecule has 0 atom stereocenters. The van der Waals surface area contributed by atoms with Crippen molar-refractivity contribution < 1.29 is 18.4 Å². The van der Waals surface area contributed by atoms with E-state index in [0.717, 1.165) is 29.1 Å². The van der Waals surface area contributed by atoms with E-state index in [4.69, 9.17) is 0 Å². The Kier molecular flexibility index (Phi) is 5.41. The summed E-state index contributed by atoms with van der Waals surface area (Å²) < 4.78 is 28.4. The highest BCUT2D eigenvalue weighted by molar-refractivity contribution is 5.99. The first-order valence-corrected chi connectivity index (χ1v) is 8.90. The van der Waals surface area contributed by atoms with E-state index in [9.17, 15) is 18.4 Å². The Morgan fingerprint density at radius 3 is 2.22 bits per heavy atom. The minimum atomic E-state index is -1.03. The number of Topliss-reactive ketones (excluding diaryl/α,β-unsaturated/α-hetero) is 1. The van der Waals surface area contributed by atoms with Crippen molar-refractivity contribution in [1.82, 2.24) is 14.4 Å². The van der Waals surface area contributed by atoms with Crippen LogP contribution in [0.3, 0.4) is 0 Å². The molecular formula is C20H23F2N3O2. The van der Waals surface area contributed by atoms with Gasteiger partial charge in [-0.3, -0.25) is 14.5 Å². The van der Waals surface area contributed by atoms with Crippen molar-refractivity contribution in [2.45, 2.75) is 13.8 Å². The molecule has 0 radical (unpaired) electrons. The molecule has 5 nitrogen and oxygen atoms in total. The lowest BCUT2D eigenvalue weighted by molar-refractivity contribution is 0.0624. The molecule has 1 fully saturated rings. The fraction of sp³-hybridized carbons (Fsp3) is 0.400. The number of nitrogens with zero attached hydrogens (tertiary/aromatic N) is 3. The highest BCUT2D eigenvalue weighted by Crippen LogP contribution is 2.16. The number of hydrogen-bond acceptors (Lipinski definition) is 3. The minimum Gasteiger partial charge on any atom is -0.351 e. The summed E-state index contributed by atoms with van der Waals surface area (Å²) in [6, 6.07) is 5.08. The van der Waals surface area contributed by atoms with Crippen LogP contribution < -0.4 is 0 Å². The van der Waals surface area contributed by atoms with E-state index < -0.39 is 11.6 Å². The molecule has 2 aromatic rings. The van der Waals surface area contributed by atoms with Gasteiger partial charge in [-0.25, -0.2) is 8.78 Å². The lowest BCUT2D eigenvalue weighted by atomic mass is 10.1. The van der Waals surface area contributed by atoms with Gasteiger partial charge in [0.2, 0.25) is 0 Å². The summed E-state index contributed by atoms with van der Waals surface area (Å²) in [6.07, 6.45) is 0. The maximum absolute atomic E-state index is 13.3. The zero-order valence-corrected chi connectivity index (χ0v) is 15.8. The monoisotopic (exact) mass is 375 g/mol. The summed E-state index contributed by atoms with van der Waals surface area (Å²) >= 11 is 0. The summed E-state index contributed by atoms with van der Waals surface area (Å²) in [4.78, 5) is 28.7. The van der Waals surface area contributed by atoms with Crippen LogP contribution in [0.2, 0.25) is 0 Å². The third kappa shape index (κ3) is 3.93. The molecule has 0 bridgehead atoms. The second-order valence-corrected chi connectivity index (χ2v) is 6.96. The minimum absolute atomic E-state index is 0.0663. The average Bonchev–Trinajstić information content (AvgIpc) is 2.91. The van der Waals surface area contributed by atoms with Crippen molar-refractivity contribution in [1.29, 1.82) is 0 Å². The zero-order chi connectivity index (χ0) is 19.7. The van der Waals surface area contributed by atoms with E-state index >= 15 is 0 Å². The van der Waals surface area contributed by atoms with Crippen molar-refractivity contribution in [3.8, 4) is 0 Å². The lowest BCUT2D eigenvalue weighted by Crippen LogP contribution is -2.50. The van der Waals surface area contributed by atoms with Crippen LogP contribution in [0.5, 0.6) is 0 Å². The molecule has 1 aromatic carbocycles. The first-order chi connectivity index (χ1) is 12.8. The summed E-state index contributed by atoms with van der Waals surface area (Å²) in [5.41, 5.74) is 2.85. The van der Waals surface area contributed by atoms with Gasteiger partial charge in [0, 0.05) is 55.7 Å². The molecule has 0 N–H and O–H groups in total. The molecule has 2 heterocycles. The number of rotatable bonds is 4. The van der Waals surface area contributed by atoms with Gasteiger partial charge in [0.1, 0.15) is 0 Å². The van der Waals surface area contributed by atoms with E-state index in [1.165, 1.54) is 6.07 Å². The predicted molar refractivity (Wildman–Crippen MR) is 97.9 cm³/mol. The molecular weight excluding hydrogens is 352 g/mol. The second-order valence-electron chi connectivity index (χ2n) is 6.96. The molecule has 1 aliphatic rings. The fourth-order valence-corrected chi connectivity index (χ4v) is 3.35. The largest absolute Gasteiger partial charge is 0.351 e. The molecule has 0 spiro atoms. The Balaban J connectivity index is 1.58. The van der Waals surface area contributed by atoms with Crippen LogP contribution in [-0.4, -0.2) is 58.8 Å². The third-order valence-electron chi connectivity index (χ3n) is 5.27. The second kappa shape index (κ2) is 7.60. The van der Waals surface area contributed by atoms with Crippen LogP contribution in [0.4, 0.5) is 8.78 Å². The highest BCUT2D eigenvalue weighted by atomic mass is 19.2. The van der Waals surface area contributed by atoms with Gasteiger partial charge >= 0.3 is 0 Å². The van der Waals surface area contributed by atoms with Gasteiger partial charge in [0.25, 0.3) is 5.91 Å². The number of ketones is 1. The van der Waals surface area contributed by atoms with Gasteiger partial charge in [-0.15, -0.1) is 0 Å². The van der Waals surface area contributed by atoms with Crippen molar-refractivity contribution in [3.05, 3.63) is 58.4 Å². The van der Waals surface area contributed by atoms with Crippen molar-refractivity contribution in [2.75, 3.05) is 32.7 Å². The van der Waals surface area contributed by atoms with Gasteiger partial charge in [-0.2, -0.15) is 0 Å². The normalized spacial score (nSPS) is 15.2. The number of aromatic nitrogens is 1. The molecule has 1 amide bonds. The molecule has 1 aromatic heterocycles. The molecule has 0 saturated carbocycles. The summed E-state index contributed by atoms with van der Waals surface area (Å²) in [5.74, 6) is -2.26. The van der Waals surface area contributed by atoms with Crippen LogP contribution >= 0.6 is 0 Å². The number of benzene rings is 1. The Labute approximate surface area is 157 Å². The summed E-state index contributed by atoms with van der Waals surface area (Å²) in [5, 5.41) is 0. The van der Waals surface area contributed by atoms with Crippen molar-refractivity contribution >= 4 is 11.7 Å². The Morgan fingerprint density at radius 1 is 1.00 bits per heavy atom. The molecule has 1 aliphatic heterocycles. The fourth-order valence-electron chi connectivity index (χ4n) is 3.35. The summed E-state index contributed by atoms with van der Waals surface area (Å²) in [7, 11) is 1.93. The molecule has 27 heavy (non-hydrogen) atoms. The number of carbonyl (C=O) groups is 2. The van der Waals surface area contributed by atoms with Gasteiger partial charge in [0.15, 0.2) is 17.4 Å². The van der Waals surface area contributed by atoms with Crippen molar-refractivity contribution in [3.63, 3.8) is 0 Å². The first-order valence-electron chi connectivity index (χ1n) is 8.90. The van der Waals surface area contributed by atoms with Crippen LogP contribution in [-0.2, 0) is 7.05 Å². The van der Waals surface area contributed by atoms with Crippen LogP contribution in [0.25, 0.3) is 0 Å². The number of piperazine rings is 1. The standard InChI is InChI=1S/C20H23F2N3O2/c1-13-10-16(14(2)23(13)3)19(26)12-24-6-8-25(9-7-24)20(27)15-4-5-17(21)18(22)11-15/h4-5,10-11H,6-9,12H2,1-3H3. The number of carbonyl (C=O) groups excluding carboxylic acids is 2. The number of aryl methyl sites for hydroxylation is 1. The molecule has 7 heteroatoms. The van der Waals surface area contributed by atoms with E-state index in [2.05, 4.69) is 0 Å². The predicted octanol–water partition coefficient (Wildman–Crippen LogP) is 2.56. The maximum Gasteiger partial charge on any atom is 0.254 e. The zero-order valence-electron chi connectivity index (χ0n) is 15.8. The van der Waals surface area contributed by atoms with Crippen LogP contribution in [0, 0.1) is 25.5 Å². The van der Waals surface area contributed by atoms with Gasteiger partial charge in [-0.05, 0) is 38.1 Å². The SMILES string of the molecule is Cc1cc(C(=O)CN2CCN(C(=O)c3ccc(F)c(F)c3)CC2)c(C)n1C. The number of halogens is 2. The smallest absolute Gasteiger partial charge is 0.254 e. The van der Waals surface area contributed by atoms with Crippen LogP contribution in [0.15, 0.2) is 24.3 Å². The van der Waals surface area contributed by atoms with Crippen LogP contribution in [0.1, 0.15) is 32.1 Å². The van der Waals surface area contributed by atoms with Crippen molar-refractivity contribution in [2.24, 2.45) is 7.05 Å². The van der Waals surface area contributed by atoms with E-state index in [-0.39, 0.29) is 17.3 Å². The Hall–Kier alpha value is -2.54. The van der Waals surface area contributed by atoms with Gasteiger partial charge < -0.3 is 9.47 Å². The van der Waals surface area contributed by atoms with Gasteiger partial charge in [-0.1, -0.05) is 0 Å².